The van der Waals surface area contributed by atoms with E-state index >= 15 is 0 Å². The molecule has 0 bridgehead atoms. The van der Waals surface area contributed by atoms with Crippen molar-refractivity contribution >= 4 is 11.9 Å². The van der Waals surface area contributed by atoms with Crippen LogP contribution in [0.3, 0.4) is 0 Å². The SMILES string of the molecule is CC1CC(N)CC(C(=O)N2CCN3C(=O)NCC3C2)C1. The monoisotopic (exact) mass is 280 g/mol. The van der Waals surface area contributed by atoms with E-state index < -0.39 is 0 Å². The molecule has 4 unspecified atom stereocenters. The summed E-state index contributed by atoms with van der Waals surface area (Å²) < 4.78 is 0. The van der Waals surface area contributed by atoms with Gasteiger partial charge in [0.15, 0.2) is 0 Å². The Balaban J connectivity index is 1.62. The molecule has 20 heavy (non-hydrogen) atoms. The van der Waals surface area contributed by atoms with Crippen molar-refractivity contribution in [2.24, 2.45) is 17.6 Å². The van der Waals surface area contributed by atoms with Crippen molar-refractivity contribution < 1.29 is 9.59 Å². The fraction of sp³-hybridized carbons (Fsp3) is 0.857. The highest BCUT2D eigenvalue weighted by Gasteiger charge is 2.39. The molecule has 3 aliphatic rings. The molecule has 2 heterocycles. The van der Waals surface area contributed by atoms with Gasteiger partial charge in [-0.15, -0.1) is 0 Å². The summed E-state index contributed by atoms with van der Waals surface area (Å²) in [5.74, 6) is 0.847. The molecule has 0 aromatic heterocycles. The van der Waals surface area contributed by atoms with E-state index in [9.17, 15) is 9.59 Å². The van der Waals surface area contributed by atoms with Gasteiger partial charge in [-0.05, 0) is 25.2 Å². The standard InChI is InChI=1S/C14H24N4O2/c1-9-4-10(6-11(15)5-9)13(19)17-2-3-18-12(8-17)7-16-14(18)20/h9-12H,2-8,15H2,1H3,(H,16,20). The lowest BCUT2D eigenvalue weighted by atomic mass is 9.79. The number of piperazine rings is 1. The van der Waals surface area contributed by atoms with E-state index in [0.717, 1.165) is 19.3 Å². The van der Waals surface area contributed by atoms with E-state index in [2.05, 4.69) is 12.2 Å². The molecule has 3 rings (SSSR count). The molecule has 4 atom stereocenters. The van der Waals surface area contributed by atoms with Crippen LogP contribution in [0.2, 0.25) is 0 Å². The number of nitrogens with one attached hydrogen (secondary N) is 1. The van der Waals surface area contributed by atoms with E-state index in [0.29, 0.717) is 32.1 Å². The Labute approximate surface area is 119 Å². The van der Waals surface area contributed by atoms with Crippen LogP contribution >= 0.6 is 0 Å². The predicted molar refractivity (Wildman–Crippen MR) is 75.0 cm³/mol. The maximum atomic E-state index is 12.7. The second-order valence-electron chi connectivity index (χ2n) is 6.59. The third-order valence-corrected chi connectivity index (χ3v) is 4.87. The number of carbonyl (C=O) groups excluding carboxylic acids is 2. The van der Waals surface area contributed by atoms with Gasteiger partial charge in [-0.2, -0.15) is 0 Å². The fourth-order valence-corrected chi connectivity index (χ4v) is 3.92. The average Bonchev–Trinajstić information content (AvgIpc) is 2.78. The van der Waals surface area contributed by atoms with Gasteiger partial charge in [-0.1, -0.05) is 6.92 Å². The zero-order valence-corrected chi connectivity index (χ0v) is 12.0. The number of nitrogens with zero attached hydrogens (tertiary/aromatic N) is 2. The van der Waals surface area contributed by atoms with E-state index in [1.54, 1.807) is 0 Å². The Bertz CT molecular complexity index is 404. The van der Waals surface area contributed by atoms with Crippen LogP contribution in [0, 0.1) is 11.8 Å². The van der Waals surface area contributed by atoms with Gasteiger partial charge >= 0.3 is 6.03 Å². The van der Waals surface area contributed by atoms with Crippen LogP contribution in [0.25, 0.3) is 0 Å². The molecular formula is C14H24N4O2. The van der Waals surface area contributed by atoms with Crippen LogP contribution in [0.15, 0.2) is 0 Å². The highest BCUT2D eigenvalue weighted by atomic mass is 16.2. The average molecular weight is 280 g/mol. The number of carbonyl (C=O) groups is 2. The summed E-state index contributed by atoms with van der Waals surface area (Å²) >= 11 is 0. The van der Waals surface area contributed by atoms with Crippen LogP contribution in [-0.2, 0) is 4.79 Å². The minimum Gasteiger partial charge on any atom is -0.339 e. The Morgan fingerprint density at radius 2 is 2.10 bits per heavy atom. The van der Waals surface area contributed by atoms with Crippen molar-refractivity contribution in [2.75, 3.05) is 26.2 Å². The summed E-state index contributed by atoms with van der Waals surface area (Å²) in [4.78, 5) is 28.0. The molecule has 3 fully saturated rings. The normalized spacial score (nSPS) is 37.6. The molecule has 6 heteroatoms. The summed E-state index contributed by atoms with van der Waals surface area (Å²) in [6, 6.07) is 0.314. The van der Waals surface area contributed by atoms with Crippen molar-refractivity contribution in [2.45, 2.75) is 38.3 Å². The third kappa shape index (κ3) is 2.49. The highest BCUT2D eigenvalue weighted by molar-refractivity contribution is 5.81. The molecule has 0 radical (unpaired) electrons. The number of fused-ring (bicyclic) bond motifs is 1. The summed E-state index contributed by atoms with van der Waals surface area (Å²) in [7, 11) is 0. The van der Waals surface area contributed by atoms with Crippen LogP contribution in [-0.4, -0.2) is 60.0 Å². The summed E-state index contributed by atoms with van der Waals surface area (Å²) in [5.41, 5.74) is 6.05. The summed E-state index contributed by atoms with van der Waals surface area (Å²) in [6.45, 7) is 4.80. The van der Waals surface area contributed by atoms with Crippen LogP contribution in [0.4, 0.5) is 4.79 Å². The molecule has 3 N–H and O–H groups in total. The largest absolute Gasteiger partial charge is 0.339 e. The van der Waals surface area contributed by atoms with Gasteiger partial charge in [0.1, 0.15) is 0 Å². The lowest BCUT2D eigenvalue weighted by Gasteiger charge is -2.40. The van der Waals surface area contributed by atoms with Crippen molar-refractivity contribution in [3.05, 3.63) is 0 Å². The Hall–Kier alpha value is -1.30. The number of hydrogen-bond donors (Lipinski definition) is 2. The molecule has 0 aromatic rings. The maximum absolute atomic E-state index is 12.7. The van der Waals surface area contributed by atoms with Gasteiger partial charge in [0.2, 0.25) is 5.91 Å². The molecule has 2 saturated heterocycles. The molecule has 1 aliphatic carbocycles. The maximum Gasteiger partial charge on any atom is 0.317 e. The van der Waals surface area contributed by atoms with Gasteiger partial charge in [0.25, 0.3) is 0 Å². The molecule has 0 aromatic carbocycles. The van der Waals surface area contributed by atoms with Gasteiger partial charge in [-0.3, -0.25) is 4.79 Å². The smallest absolute Gasteiger partial charge is 0.317 e. The van der Waals surface area contributed by atoms with Crippen molar-refractivity contribution in [1.29, 1.82) is 0 Å². The number of amides is 3. The zero-order valence-electron chi connectivity index (χ0n) is 12.0. The first-order valence-corrected chi connectivity index (χ1v) is 7.63. The first kappa shape index (κ1) is 13.7. The van der Waals surface area contributed by atoms with E-state index in [1.807, 2.05) is 9.80 Å². The Morgan fingerprint density at radius 1 is 1.30 bits per heavy atom. The first-order chi connectivity index (χ1) is 9.54. The number of nitrogens with two attached hydrogens (primary N) is 1. The third-order valence-electron chi connectivity index (χ3n) is 4.87. The Morgan fingerprint density at radius 3 is 2.85 bits per heavy atom. The second-order valence-corrected chi connectivity index (χ2v) is 6.59. The molecule has 6 nitrogen and oxygen atoms in total. The minimum absolute atomic E-state index is 0.00964. The van der Waals surface area contributed by atoms with Crippen molar-refractivity contribution in [3.8, 4) is 0 Å². The molecule has 112 valence electrons. The van der Waals surface area contributed by atoms with E-state index in [-0.39, 0.29) is 29.9 Å². The van der Waals surface area contributed by atoms with Gasteiger partial charge < -0.3 is 20.9 Å². The number of hydrogen-bond acceptors (Lipinski definition) is 3. The highest BCUT2D eigenvalue weighted by Crippen LogP contribution is 2.30. The molecule has 1 saturated carbocycles. The van der Waals surface area contributed by atoms with Crippen LogP contribution in [0.1, 0.15) is 26.2 Å². The quantitative estimate of drug-likeness (QED) is 0.709. The Kier molecular flexibility index (Phi) is 3.58. The molecular weight excluding hydrogens is 256 g/mol. The van der Waals surface area contributed by atoms with Crippen molar-refractivity contribution in [1.82, 2.24) is 15.1 Å². The minimum atomic E-state index is 0.00964. The lowest BCUT2D eigenvalue weighted by Crippen LogP contribution is -2.55. The molecule has 2 aliphatic heterocycles. The van der Waals surface area contributed by atoms with Crippen LogP contribution < -0.4 is 11.1 Å². The number of rotatable bonds is 1. The molecule has 0 spiro atoms. The zero-order chi connectivity index (χ0) is 14.3. The summed E-state index contributed by atoms with van der Waals surface area (Å²) in [5, 5.41) is 2.84. The van der Waals surface area contributed by atoms with Gasteiger partial charge in [0, 0.05) is 38.1 Å². The van der Waals surface area contributed by atoms with E-state index in [1.165, 1.54) is 0 Å². The van der Waals surface area contributed by atoms with Crippen LogP contribution in [0.5, 0.6) is 0 Å². The summed E-state index contributed by atoms with van der Waals surface area (Å²) in [6.07, 6.45) is 2.79. The second kappa shape index (κ2) is 5.24. The van der Waals surface area contributed by atoms with E-state index in [4.69, 9.17) is 5.73 Å². The molecule has 3 amide bonds. The number of urea groups is 1. The first-order valence-electron chi connectivity index (χ1n) is 7.63. The fourth-order valence-electron chi connectivity index (χ4n) is 3.92. The topological polar surface area (TPSA) is 78.7 Å². The van der Waals surface area contributed by atoms with Crippen molar-refractivity contribution in [3.63, 3.8) is 0 Å². The predicted octanol–water partition coefficient (Wildman–Crippen LogP) is -0.0141. The van der Waals surface area contributed by atoms with Gasteiger partial charge in [0.05, 0.1) is 6.04 Å². The lowest BCUT2D eigenvalue weighted by molar-refractivity contribution is -0.139. The van der Waals surface area contributed by atoms with Gasteiger partial charge in [-0.25, -0.2) is 4.79 Å².